The Morgan fingerprint density at radius 2 is 0.893 bits per heavy atom. The van der Waals surface area contributed by atoms with Gasteiger partial charge >= 0.3 is 87.7 Å². The van der Waals surface area contributed by atoms with Gasteiger partial charge in [0.2, 0.25) is 17.7 Å². The molecular formula is C41H53N10O23Tc+. The SMILES string of the molecule is C[N+](CCCC[C@@H](NC(=O)CCC(NC(=O)NC(CCC(=O)O)C(=O)O)C(=O)O)C(=O)O)(Cc1nccn1CC(=O)N(CC(=O)O)CC(=O)O)Cc1nccn1CC(=O)N(CC(=O)O)CC(=O)O.[99Tc].[C-]#[O+].[C-]#[O+].[C-]#[O+]. The van der Waals surface area contributed by atoms with Crippen molar-refractivity contribution in [3.8, 4) is 0 Å². The molecule has 2 aromatic rings. The average molecular weight is 1150 g/mol. The minimum absolute atomic E-state index is 0. The molecule has 0 saturated carbocycles. The van der Waals surface area contributed by atoms with Gasteiger partial charge in [0.05, 0.1) is 13.6 Å². The summed E-state index contributed by atoms with van der Waals surface area (Å²) in [4.78, 5) is 153. The van der Waals surface area contributed by atoms with Gasteiger partial charge in [-0.1, -0.05) is 0 Å². The Hall–Kier alpha value is -8.31. The van der Waals surface area contributed by atoms with Crippen LogP contribution in [-0.2, 0) is 113 Å². The number of imidazole rings is 2. The van der Waals surface area contributed by atoms with Crippen LogP contribution in [0.1, 0.15) is 56.6 Å². The van der Waals surface area contributed by atoms with Gasteiger partial charge in [-0.2, -0.15) is 0 Å². The summed E-state index contributed by atoms with van der Waals surface area (Å²) in [6, 6.07) is -6.21. The van der Waals surface area contributed by atoms with E-state index in [2.05, 4.69) is 35.2 Å². The molecule has 0 aliphatic heterocycles. The van der Waals surface area contributed by atoms with E-state index in [1.807, 2.05) is 10.6 Å². The summed E-state index contributed by atoms with van der Waals surface area (Å²) in [6.45, 7) is 8.91. The summed E-state index contributed by atoms with van der Waals surface area (Å²) in [5, 5.41) is 80.7. The molecule has 11 N–H and O–H groups in total. The number of urea groups is 1. The summed E-state index contributed by atoms with van der Waals surface area (Å²) < 4.78 is 25.1. The summed E-state index contributed by atoms with van der Waals surface area (Å²) in [6.07, 6.45) is 3.28. The Kier molecular flexibility index (Phi) is 35.4. The first kappa shape index (κ1) is 70.9. The van der Waals surface area contributed by atoms with E-state index in [1.165, 1.54) is 33.9 Å². The second kappa shape index (κ2) is 37.4. The van der Waals surface area contributed by atoms with Crippen LogP contribution in [0.15, 0.2) is 24.8 Å². The Balaban J connectivity index is -0.00000713. The molecule has 0 aliphatic carbocycles. The number of unbranched alkanes of at least 4 members (excludes halogenated alkanes) is 1. The molecule has 3 atom stereocenters. The second-order valence-electron chi connectivity index (χ2n) is 15.5. The van der Waals surface area contributed by atoms with Crippen molar-refractivity contribution < 1.29 is 137 Å². The minimum atomic E-state index is -1.75. The molecule has 2 unspecified atom stereocenters. The molecule has 75 heavy (non-hydrogen) atoms. The zero-order valence-electron chi connectivity index (χ0n) is 39.6. The van der Waals surface area contributed by atoms with E-state index in [0.29, 0.717) is 9.80 Å². The Bertz CT molecular complexity index is 2210. The summed E-state index contributed by atoms with van der Waals surface area (Å²) in [5.41, 5.74) is 0. The molecule has 33 nitrogen and oxygen atoms in total. The van der Waals surface area contributed by atoms with Crippen molar-refractivity contribution in [1.29, 1.82) is 0 Å². The number of aliphatic carboxylic acids is 8. The van der Waals surface area contributed by atoms with Crippen LogP contribution in [0.3, 0.4) is 0 Å². The molecule has 0 bridgehead atoms. The molecule has 1 radical (unpaired) electrons. The van der Waals surface area contributed by atoms with Gasteiger partial charge in [0.15, 0.2) is 11.6 Å². The monoisotopic (exact) mass is 1150 g/mol. The summed E-state index contributed by atoms with van der Waals surface area (Å²) in [5.74, 6) is -14.1. The average Bonchev–Trinajstić information content (AvgIpc) is 3.95. The number of carboxylic acid groups (broad SMARTS) is 8. The van der Waals surface area contributed by atoms with Crippen LogP contribution < -0.4 is 16.0 Å². The van der Waals surface area contributed by atoms with E-state index in [-0.39, 0.29) is 75.1 Å². The number of hydrogen-bond acceptors (Lipinski definition) is 14. The molecule has 34 heteroatoms. The van der Waals surface area contributed by atoms with Crippen LogP contribution in [0.4, 0.5) is 4.79 Å². The maximum atomic E-state index is 13.1. The molecule has 0 aromatic carbocycles. The Morgan fingerprint density at radius 3 is 1.23 bits per heavy atom. The molecule has 2 aromatic heterocycles. The number of hydrogen-bond donors (Lipinski definition) is 11. The van der Waals surface area contributed by atoms with E-state index in [4.69, 9.17) is 19.1 Å². The molecular weight excluding hydrogens is 1100 g/mol. The van der Waals surface area contributed by atoms with E-state index < -0.39 is 155 Å². The number of rotatable bonds is 33. The topological polar surface area (TPSA) is 505 Å². The van der Waals surface area contributed by atoms with Crippen LogP contribution in [0, 0.1) is 20.0 Å². The number of aromatic nitrogens is 4. The number of quaternary nitrogens is 1. The number of carbonyl (C=O) groups is 12. The van der Waals surface area contributed by atoms with Crippen LogP contribution in [-0.4, -0.2) is 204 Å². The third-order valence-corrected chi connectivity index (χ3v) is 9.86. The fourth-order valence-corrected chi connectivity index (χ4v) is 6.56. The number of amides is 5. The van der Waals surface area contributed by atoms with E-state index in [0.717, 1.165) is 0 Å². The molecule has 5 amide bonds. The quantitative estimate of drug-likeness (QED) is 0.0144. The van der Waals surface area contributed by atoms with Crippen molar-refractivity contribution in [3.63, 3.8) is 0 Å². The molecule has 0 saturated heterocycles. The van der Waals surface area contributed by atoms with Crippen LogP contribution in [0.5, 0.6) is 0 Å². The molecule has 2 rings (SSSR count). The molecule has 411 valence electrons. The third-order valence-electron chi connectivity index (χ3n) is 9.86. The molecule has 0 spiro atoms. The number of carboxylic acids is 8. The molecule has 0 fully saturated rings. The number of nitrogens with one attached hydrogen (secondary N) is 3. The molecule has 0 aliphatic rings. The van der Waals surface area contributed by atoms with E-state index in [1.54, 1.807) is 7.05 Å². The van der Waals surface area contributed by atoms with Crippen molar-refractivity contribution >= 4 is 71.5 Å². The first-order valence-corrected chi connectivity index (χ1v) is 20.9. The van der Waals surface area contributed by atoms with Gasteiger partial charge in [0.1, 0.15) is 70.5 Å². The zero-order valence-corrected chi connectivity index (χ0v) is 41.4. The van der Waals surface area contributed by atoms with Gasteiger partial charge in [0, 0.05) is 57.7 Å². The zero-order chi connectivity index (χ0) is 57.3. The van der Waals surface area contributed by atoms with Crippen molar-refractivity contribution in [3.05, 3.63) is 56.4 Å². The fraction of sp³-hybridized carbons (Fsp3) is 0.488. The normalized spacial score (nSPS) is 11.3. The first-order chi connectivity index (χ1) is 34.8. The predicted molar refractivity (Wildman–Crippen MR) is 232 cm³/mol. The standard InChI is InChI=1S/C38H52N10O20.3CO.Tc/c1-48(20-25-39-9-11-44(25)14-28(50)46(16-31(54)55)17-32(56)57,21-26-40-10-12-45(26)15-29(51)47(18-33(58)59)19-34(60)61)13-3-2-4-22(35(62)63)41-27(49)7-5-23(36(64)65)42-38(68)43-24(37(66)67)6-8-30(52)53;3*1-2;/h9-12,22-24H,2-8,13-21H2,1H3,(H10-,41,42,43,49,52,53,54,55,56,57,58,59,60,61,62,63,64,65,66,67,68);;;;/p+1/t22-,23?,24?;;;;/m1..../s1/i;;;;1+1. The summed E-state index contributed by atoms with van der Waals surface area (Å²) in [7, 11) is 1.70. The van der Waals surface area contributed by atoms with Gasteiger partial charge in [-0.3, -0.25) is 38.4 Å². The maximum absolute atomic E-state index is 13.1. The second-order valence-corrected chi connectivity index (χ2v) is 15.5. The van der Waals surface area contributed by atoms with Gasteiger partial charge < -0.3 is 80.2 Å². The predicted octanol–water partition coefficient (Wildman–Crippen LogP) is -3.30. The third kappa shape index (κ3) is 29.1. The Morgan fingerprint density at radius 1 is 0.547 bits per heavy atom. The summed E-state index contributed by atoms with van der Waals surface area (Å²) >= 11 is 0. The van der Waals surface area contributed by atoms with Gasteiger partial charge in [-0.05, 0) is 32.1 Å². The molecule has 2 heterocycles. The number of nitrogens with zero attached hydrogens (tertiary/aromatic N) is 7. The van der Waals surface area contributed by atoms with Gasteiger partial charge in [-0.15, -0.1) is 0 Å². The van der Waals surface area contributed by atoms with Crippen LogP contribution >= 0.6 is 0 Å². The van der Waals surface area contributed by atoms with Crippen molar-refractivity contribution in [2.45, 2.75) is 89.3 Å². The Labute approximate surface area is 437 Å². The van der Waals surface area contributed by atoms with E-state index >= 15 is 0 Å². The number of carbonyl (C=O) groups excluding carboxylic acids is 4. The van der Waals surface area contributed by atoms with Crippen molar-refractivity contribution in [1.82, 2.24) is 44.9 Å². The van der Waals surface area contributed by atoms with Crippen molar-refractivity contribution in [2.75, 3.05) is 39.8 Å². The van der Waals surface area contributed by atoms with E-state index in [9.17, 15) is 93.3 Å². The van der Waals surface area contributed by atoms with Crippen LogP contribution in [0.25, 0.3) is 0 Å². The fourth-order valence-electron chi connectivity index (χ4n) is 6.56. The van der Waals surface area contributed by atoms with Crippen LogP contribution in [0.2, 0.25) is 0 Å². The van der Waals surface area contributed by atoms with Gasteiger partial charge in [0.25, 0.3) is 0 Å². The first-order valence-electron chi connectivity index (χ1n) is 20.9. The van der Waals surface area contributed by atoms with Crippen molar-refractivity contribution in [2.24, 2.45) is 0 Å². The van der Waals surface area contributed by atoms with Gasteiger partial charge in [-0.25, -0.2) is 29.1 Å².